The van der Waals surface area contributed by atoms with E-state index in [0.717, 1.165) is 24.9 Å². The van der Waals surface area contributed by atoms with Crippen LogP contribution in [0.3, 0.4) is 0 Å². The number of benzene rings is 1. The molecule has 1 saturated heterocycles. The molecule has 1 nitrogen and oxygen atoms in total. The van der Waals surface area contributed by atoms with Crippen molar-refractivity contribution in [2.45, 2.75) is 51.5 Å². The number of nitrogens with one attached hydrogen (secondary N) is 1. The van der Waals surface area contributed by atoms with Crippen LogP contribution in [0.25, 0.3) is 0 Å². The lowest BCUT2D eigenvalue weighted by Crippen LogP contribution is -2.51. The average molecular weight is 249 g/mol. The lowest BCUT2D eigenvalue weighted by atomic mass is 9.77. The molecule has 2 rings (SSSR count). The van der Waals surface area contributed by atoms with Crippen molar-refractivity contribution in [1.29, 1.82) is 0 Å². The summed E-state index contributed by atoms with van der Waals surface area (Å²) in [5, 5.41) is 3.70. The van der Waals surface area contributed by atoms with Crippen molar-refractivity contribution in [3.8, 4) is 0 Å². The molecule has 1 unspecified atom stereocenters. The van der Waals surface area contributed by atoms with Gasteiger partial charge in [0.1, 0.15) is 5.82 Å². The summed E-state index contributed by atoms with van der Waals surface area (Å²) in [6.45, 7) is 5.56. The fourth-order valence-electron chi connectivity index (χ4n) is 3.00. The van der Waals surface area contributed by atoms with Crippen molar-refractivity contribution >= 4 is 0 Å². The fraction of sp³-hybridized carbons (Fsp3) is 0.625. The summed E-state index contributed by atoms with van der Waals surface area (Å²) in [5.41, 5.74) is 0.916. The minimum Gasteiger partial charge on any atom is -0.311 e. The zero-order valence-electron chi connectivity index (χ0n) is 11.5. The van der Waals surface area contributed by atoms with Gasteiger partial charge in [0, 0.05) is 5.54 Å². The molecule has 2 heteroatoms. The molecule has 1 N–H and O–H groups in total. The second-order valence-corrected chi connectivity index (χ2v) is 5.82. The average Bonchev–Trinajstić information content (AvgIpc) is 2.59. The van der Waals surface area contributed by atoms with E-state index in [1.54, 1.807) is 12.1 Å². The summed E-state index contributed by atoms with van der Waals surface area (Å²) >= 11 is 0. The summed E-state index contributed by atoms with van der Waals surface area (Å²) in [6.07, 6.45) is 5.74. The molecule has 1 aliphatic rings. The van der Waals surface area contributed by atoms with E-state index >= 15 is 0 Å². The fourth-order valence-corrected chi connectivity index (χ4v) is 3.00. The van der Waals surface area contributed by atoms with Gasteiger partial charge in [0.25, 0.3) is 0 Å². The monoisotopic (exact) mass is 249 g/mol. The third kappa shape index (κ3) is 2.92. The molecule has 0 radical (unpaired) electrons. The molecule has 1 fully saturated rings. The predicted octanol–water partition coefficient (Wildman–Crippen LogP) is 3.93. The van der Waals surface area contributed by atoms with Gasteiger partial charge in [-0.3, -0.25) is 0 Å². The van der Waals surface area contributed by atoms with Crippen molar-refractivity contribution in [1.82, 2.24) is 5.32 Å². The van der Waals surface area contributed by atoms with Crippen LogP contribution in [-0.2, 0) is 6.42 Å². The zero-order chi connectivity index (χ0) is 13.0. The van der Waals surface area contributed by atoms with Crippen LogP contribution in [-0.4, -0.2) is 12.1 Å². The first-order valence-electron chi connectivity index (χ1n) is 7.12. The molecule has 1 heterocycles. The molecular weight excluding hydrogens is 225 g/mol. The van der Waals surface area contributed by atoms with E-state index in [4.69, 9.17) is 0 Å². The molecule has 1 aliphatic heterocycles. The maximum Gasteiger partial charge on any atom is 0.126 e. The molecular formula is C16H24FN. The highest BCUT2D eigenvalue weighted by molar-refractivity contribution is 5.20. The van der Waals surface area contributed by atoms with Crippen LogP contribution in [0.2, 0.25) is 0 Å². The Morgan fingerprint density at radius 3 is 2.72 bits per heavy atom. The number of hydrogen-bond donors (Lipinski definition) is 1. The molecule has 0 aromatic heterocycles. The van der Waals surface area contributed by atoms with Gasteiger partial charge in [-0.15, -0.1) is 0 Å². The molecule has 0 spiro atoms. The van der Waals surface area contributed by atoms with Gasteiger partial charge >= 0.3 is 0 Å². The molecule has 0 bridgehead atoms. The summed E-state index contributed by atoms with van der Waals surface area (Å²) in [7, 11) is 0. The first-order valence-corrected chi connectivity index (χ1v) is 7.12. The lowest BCUT2D eigenvalue weighted by Gasteiger charge is -2.38. The minimum atomic E-state index is -0.0661. The highest BCUT2D eigenvalue weighted by Gasteiger charge is 2.34. The van der Waals surface area contributed by atoms with Gasteiger partial charge in [0.05, 0.1) is 0 Å². The van der Waals surface area contributed by atoms with Crippen molar-refractivity contribution in [2.24, 2.45) is 5.92 Å². The Kier molecular flexibility index (Phi) is 4.39. The van der Waals surface area contributed by atoms with Gasteiger partial charge in [-0.2, -0.15) is 0 Å². The van der Waals surface area contributed by atoms with E-state index < -0.39 is 0 Å². The first kappa shape index (κ1) is 13.5. The number of rotatable bonds is 3. The molecule has 0 saturated carbocycles. The van der Waals surface area contributed by atoms with Gasteiger partial charge in [-0.1, -0.05) is 44.9 Å². The maximum absolute atomic E-state index is 13.9. The van der Waals surface area contributed by atoms with Gasteiger partial charge in [-0.05, 0) is 43.4 Å². The topological polar surface area (TPSA) is 12.0 Å². The first-order chi connectivity index (χ1) is 8.64. The highest BCUT2D eigenvalue weighted by atomic mass is 19.1. The third-order valence-electron chi connectivity index (χ3n) is 4.35. The lowest BCUT2D eigenvalue weighted by molar-refractivity contribution is 0.224. The molecule has 1 aromatic carbocycles. The van der Waals surface area contributed by atoms with Crippen molar-refractivity contribution < 1.29 is 4.39 Å². The normalized spacial score (nSPS) is 25.1. The van der Waals surface area contributed by atoms with E-state index in [0.29, 0.717) is 5.92 Å². The minimum absolute atomic E-state index is 0.0661. The molecule has 18 heavy (non-hydrogen) atoms. The predicted molar refractivity (Wildman–Crippen MR) is 74.1 cm³/mol. The smallest absolute Gasteiger partial charge is 0.126 e. The molecule has 1 aromatic rings. The van der Waals surface area contributed by atoms with Gasteiger partial charge in [-0.25, -0.2) is 4.39 Å². The van der Waals surface area contributed by atoms with Gasteiger partial charge in [0.2, 0.25) is 0 Å². The van der Waals surface area contributed by atoms with Crippen molar-refractivity contribution in [3.05, 3.63) is 35.6 Å². The largest absolute Gasteiger partial charge is 0.311 e. The second-order valence-electron chi connectivity index (χ2n) is 5.82. The maximum atomic E-state index is 13.9. The van der Waals surface area contributed by atoms with Crippen LogP contribution in [0.5, 0.6) is 0 Å². The quantitative estimate of drug-likeness (QED) is 0.856. The molecule has 100 valence electrons. The Balaban J connectivity index is 2.22. The van der Waals surface area contributed by atoms with Crippen LogP contribution in [0.4, 0.5) is 4.39 Å². The van der Waals surface area contributed by atoms with E-state index in [2.05, 4.69) is 19.2 Å². The van der Waals surface area contributed by atoms with E-state index in [1.807, 2.05) is 12.1 Å². The second kappa shape index (κ2) is 5.83. The summed E-state index contributed by atoms with van der Waals surface area (Å²) < 4.78 is 13.9. The standard InChI is InChI=1S/C16H24FN/c1-13(2)16(10-6-3-7-11-18-16)12-14-8-4-5-9-15(14)17/h4-5,8-9,13,18H,3,6-7,10-12H2,1-2H3. The molecule has 0 aliphatic carbocycles. The molecule has 0 amide bonds. The van der Waals surface area contributed by atoms with Crippen molar-refractivity contribution in [3.63, 3.8) is 0 Å². The Bertz CT molecular complexity index is 378. The van der Waals surface area contributed by atoms with Crippen LogP contribution in [0, 0.1) is 11.7 Å². The van der Waals surface area contributed by atoms with E-state index in [9.17, 15) is 4.39 Å². The Morgan fingerprint density at radius 2 is 2.00 bits per heavy atom. The van der Waals surface area contributed by atoms with Gasteiger partial charge < -0.3 is 5.32 Å². The van der Waals surface area contributed by atoms with Crippen LogP contribution in [0.1, 0.15) is 45.1 Å². The zero-order valence-corrected chi connectivity index (χ0v) is 11.5. The van der Waals surface area contributed by atoms with Crippen LogP contribution >= 0.6 is 0 Å². The Hall–Kier alpha value is -0.890. The van der Waals surface area contributed by atoms with E-state index in [1.165, 1.54) is 19.3 Å². The summed E-state index contributed by atoms with van der Waals surface area (Å²) in [5.74, 6) is 0.457. The van der Waals surface area contributed by atoms with Gasteiger partial charge in [0.15, 0.2) is 0 Å². The highest BCUT2D eigenvalue weighted by Crippen LogP contribution is 2.31. The molecule has 1 atom stereocenters. The van der Waals surface area contributed by atoms with Crippen LogP contribution in [0.15, 0.2) is 24.3 Å². The number of halogens is 1. The summed E-state index contributed by atoms with van der Waals surface area (Å²) in [6, 6.07) is 7.19. The Morgan fingerprint density at radius 1 is 1.22 bits per heavy atom. The van der Waals surface area contributed by atoms with E-state index in [-0.39, 0.29) is 11.4 Å². The SMILES string of the molecule is CC(C)C1(Cc2ccccc2F)CCCCCN1. The summed E-state index contributed by atoms with van der Waals surface area (Å²) in [4.78, 5) is 0. The number of hydrogen-bond acceptors (Lipinski definition) is 1. The Labute approximate surface area is 110 Å². The van der Waals surface area contributed by atoms with Crippen LogP contribution < -0.4 is 5.32 Å². The van der Waals surface area contributed by atoms with Crippen molar-refractivity contribution in [2.75, 3.05) is 6.54 Å². The third-order valence-corrected chi connectivity index (χ3v) is 4.35.